The number of hydrogen-bond acceptors (Lipinski definition) is 1. The van der Waals surface area contributed by atoms with Gasteiger partial charge in [0, 0.05) is 5.92 Å². The summed E-state index contributed by atoms with van der Waals surface area (Å²) in [5.41, 5.74) is 8.49. The maximum absolute atomic E-state index is 6.15. The Balaban J connectivity index is 2.16. The van der Waals surface area contributed by atoms with Gasteiger partial charge in [0.15, 0.2) is 0 Å². The van der Waals surface area contributed by atoms with Crippen LogP contribution in [0.15, 0.2) is 29.3 Å². The van der Waals surface area contributed by atoms with Gasteiger partial charge in [0.2, 0.25) is 0 Å². The van der Waals surface area contributed by atoms with Gasteiger partial charge >= 0.3 is 0 Å². The molecule has 0 unspecified atom stereocenters. The van der Waals surface area contributed by atoms with E-state index in [0.717, 1.165) is 17.9 Å². The van der Waals surface area contributed by atoms with Crippen molar-refractivity contribution in [2.45, 2.75) is 45.4 Å². The van der Waals surface area contributed by atoms with Crippen LogP contribution in [0.4, 0.5) is 5.69 Å². The molecule has 1 aromatic rings. The maximum Gasteiger partial charge on any atom is 0.103 e. The van der Waals surface area contributed by atoms with Crippen molar-refractivity contribution < 1.29 is 0 Å². The summed E-state index contributed by atoms with van der Waals surface area (Å²) in [5, 5.41) is 0. The third kappa shape index (κ3) is 3.09. The Labute approximate surface area is 104 Å². The van der Waals surface area contributed by atoms with Crippen LogP contribution in [0.3, 0.4) is 0 Å². The normalized spacial score (nSPS) is 18.3. The molecule has 0 amide bonds. The van der Waals surface area contributed by atoms with Gasteiger partial charge in [-0.2, -0.15) is 0 Å². The summed E-state index contributed by atoms with van der Waals surface area (Å²) in [7, 11) is 0. The topological polar surface area (TPSA) is 38.4 Å². The fraction of sp³-hybridized carbons (Fsp3) is 0.533. The summed E-state index contributed by atoms with van der Waals surface area (Å²) < 4.78 is 0. The predicted molar refractivity (Wildman–Crippen MR) is 73.7 cm³/mol. The number of benzene rings is 1. The van der Waals surface area contributed by atoms with Crippen LogP contribution in [0.2, 0.25) is 0 Å². The van der Waals surface area contributed by atoms with E-state index in [1.807, 2.05) is 6.07 Å². The van der Waals surface area contributed by atoms with Gasteiger partial charge < -0.3 is 5.73 Å². The molecular formula is C15H22N2. The highest BCUT2D eigenvalue weighted by molar-refractivity contribution is 5.85. The Kier molecular flexibility index (Phi) is 4.18. The van der Waals surface area contributed by atoms with Crippen LogP contribution in [0, 0.1) is 5.92 Å². The Morgan fingerprint density at radius 1 is 1.24 bits per heavy atom. The molecule has 1 aliphatic rings. The zero-order valence-electron chi connectivity index (χ0n) is 10.7. The highest BCUT2D eigenvalue weighted by atomic mass is 14.9. The lowest BCUT2D eigenvalue weighted by Crippen LogP contribution is -2.25. The second-order valence-electron chi connectivity index (χ2n) is 4.85. The molecule has 0 aliphatic heterocycles. The van der Waals surface area contributed by atoms with Crippen LogP contribution in [0.1, 0.15) is 44.6 Å². The average molecular weight is 230 g/mol. The standard InChI is InChI=1S/C15H22N2/c1-2-12-8-6-7-11-14(12)17-15(16)13-9-4-3-5-10-13/h6-8,11,13H,2-5,9-10H2,1H3,(H2,16,17). The lowest BCUT2D eigenvalue weighted by molar-refractivity contribution is 0.437. The minimum absolute atomic E-state index is 0.508. The fourth-order valence-corrected chi connectivity index (χ4v) is 2.55. The van der Waals surface area contributed by atoms with Crippen LogP contribution in [-0.2, 0) is 6.42 Å². The lowest BCUT2D eigenvalue weighted by atomic mass is 9.88. The van der Waals surface area contributed by atoms with Crippen molar-refractivity contribution in [2.24, 2.45) is 16.6 Å². The van der Waals surface area contributed by atoms with E-state index in [1.54, 1.807) is 0 Å². The van der Waals surface area contributed by atoms with Gasteiger partial charge in [0.1, 0.15) is 5.84 Å². The van der Waals surface area contributed by atoms with E-state index in [-0.39, 0.29) is 0 Å². The predicted octanol–water partition coefficient (Wildman–Crippen LogP) is 3.82. The van der Waals surface area contributed by atoms with E-state index in [1.165, 1.54) is 37.7 Å². The van der Waals surface area contributed by atoms with Crippen molar-refractivity contribution in [2.75, 3.05) is 0 Å². The zero-order valence-corrected chi connectivity index (χ0v) is 10.7. The van der Waals surface area contributed by atoms with E-state index < -0.39 is 0 Å². The summed E-state index contributed by atoms with van der Waals surface area (Å²) in [5.74, 6) is 1.35. The molecular weight excluding hydrogens is 208 g/mol. The summed E-state index contributed by atoms with van der Waals surface area (Å²) >= 11 is 0. The molecule has 0 aromatic heterocycles. The Morgan fingerprint density at radius 2 is 1.94 bits per heavy atom. The number of hydrogen-bond donors (Lipinski definition) is 1. The van der Waals surface area contributed by atoms with Gasteiger partial charge in [-0.15, -0.1) is 0 Å². The first kappa shape index (κ1) is 12.2. The number of nitrogens with two attached hydrogens (primary N) is 1. The minimum atomic E-state index is 0.508. The van der Waals surface area contributed by atoms with Crippen molar-refractivity contribution in [3.05, 3.63) is 29.8 Å². The first-order chi connectivity index (χ1) is 8.31. The van der Waals surface area contributed by atoms with Crippen LogP contribution in [0.5, 0.6) is 0 Å². The van der Waals surface area contributed by atoms with E-state index in [2.05, 4.69) is 30.1 Å². The van der Waals surface area contributed by atoms with Gasteiger partial charge in [-0.05, 0) is 30.9 Å². The van der Waals surface area contributed by atoms with Gasteiger partial charge in [-0.25, -0.2) is 4.99 Å². The molecule has 0 radical (unpaired) electrons. The number of para-hydroxylation sites is 1. The molecule has 2 N–H and O–H groups in total. The van der Waals surface area contributed by atoms with Gasteiger partial charge in [-0.3, -0.25) is 0 Å². The number of nitrogens with zero attached hydrogens (tertiary/aromatic N) is 1. The molecule has 0 heterocycles. The molecule has 0 atom stereocenters. The number of rotatable bonds is 3. The molecule has 92 valence electrons. The van der Waals surface area contributed by atoms with E-state index in [4.69, 9.17) is 5.73 Å². The van der Waals surface area contributed by atoms with Crippen molar-refractivity contribution in [3.8, 4) is 0 Å². The Hall–Kier alpha value is -1.31. The first-order valence-electron chi connectivity index (χ1n) is 6.73. The van der Waals surface area contributed by atoms with E-state index >= 15 is 0 Å². The smallest absolute Gasteiger partial charge is 0.103 e. The van der Waals surface area contributed by atoms with Crippen molar-refractivity contribution >= 4 is 11.5 Å². The third-order valence-corrected chi connectivity index (χ3v) is 3.65. The fourth-order valence-electron chi connectivity index (χ4n) is 2.55. The highest BCUT2D eigenvalue weighted by Crippen LogP contribution is 2.26. The zero-order chi connectivity index (χ0) is 12.1. The van der Waals surface area contributed by atoms with Crippen LogP contribution in [-0.4, -0.2) is 5.84 Å². The quantitative estimate of drug-likeness (QED) is 0.622. The summed E-state index contributed by atoms with van der Waals surface area (Å²) in [6.07, 6.45) is 7.40. The molecule has 2 heteroatoms. The Bertz CT molecular complexity index is 390. The van der Waals surface area contributed by atoms with E-state index in [9.17, 15) is 0 Å². The molecule has 0 bridgehead atoms. The second-order valence-corrected chi connectivity index (χ2v) is 4.85. The molecule has 1 fully saturated rings. The molecule has 1 aliphatic carbocycles. The summed E-state index contributed by atoms with van der Waals surface area (Å²) in [4.78, 5) is 4.65. The third-order valence-electron chi connectivity index (χ3n) is 3.65. The summed E-state index contributed by atoms with van der Waals surface area (Å²) in [6.45, 7) is 2.16. The SMILES string of the molecule is CCc1ccccc1N=C(N)C1CCCCC1. The molecule has 17 heavy (non-hydrogen) atoms. The minimum Gasteiger partial charge on any atom is -0.387 e. The van der Waals surface area contributed by atoms with Crippen molar-refractivity contribution in [1.29, 1.82) is 0 Å². The Morgan fingerprint density at radius 3 is 2.65 bits per heavy atom. The van der Waals surface area contributed by atoms with Crippen molar-refractivity contribution in [3.63, 3.8) is 0 Å². The number of aryl methyl sites for hydroxylation is 1. The first-order valence-corrected chi connectivity index (χ1v) is 6.73. The molecule has 0 spiro atoms. The average Bonchev–Trinajstić information content (AvgIpc) is 2.40. The van der Waals surface area contributed by atoms with Gasteiger partial charge in [-0.1, -0.05) is 44.4 Å². The molecule has 2 rings (SSSR count). The van der Waals surface area contributed by atoms with Crippen LogP contribution < -0.4 is 5.73 Å². The molecule has 1 saturated carbocycles. The van der Waals surface area contributed by atoms with Gasteiger partial charge in [0.25, 0.3) is 0 Å². The number of aliphatic imine (C=N–C) groups is 1. The summed E-state index contributed by atoms with van der Waals surface area (Å²) in [6, 6.07) is 8.29. The molecule has 1 aromatic carbocycles. The van der Waals surface area contributed by atoms with Crippen LogP contribution >= 0.6 is 0 Å². The van der Waals surface area contributed by atoms with Crippen molar-refractivity contribution in [1.82, 2.24) is 0 Å². The monoisotopic (exact) mass is 230 g/mol. The number of amidine groups is 1. The molecule has 0 saturated heterocycles. The van der Waals surface area contributed by atoms with Crippen LogP contribution in [0.25, 0.3) is 0 Å². The highest BCUT2D eigenvalue weighted by Gasteiger charge is 2.17. The lowest BCUT2D eigenvalue weighted by Gasteiger charge is -2.21. The molecule has 2 nitrogen and oxygen atoms in total. The van der Waals surface area contributed by atoms with E-state index in [0.29, 0.717) is 5.92 Å². The maximum atomic E-state index is 6.15. The largest absolute Gasteiger partial charge is 0.387 e. The second kappa shape index (κ2) is 5.85. The van der Waals surface area contributed by atoms with Gasteiger partial charge in [0.05, 0.1) is 5.69 Å².